The van der Waals surface area contributed by atoms with Crippen LogP contribution in [-0.2, 0) is 26.0 Å². The first kappa shape index (κ1) is 23.3. The Morgan fingerprint density at radius 2 is 1.76 bits per heavy atom. The Kier molecular flexibility index (Phi) is 5.13. The number of benzene rings is 1. The van der Waals surface area contributed by atoms with Gasteiger partial charge in [-0.05, 0) is 60.3 Å². The first-order valence-electron chi connectivity index (χ1n) is 11.7. The van der Waals surface area contributed by atoms with E-state index in [2.05, 4.69) is 13.8 Å². The Bertz CT molecular complexity index is 1160. The molecule has 2 aliphatic heterocycles. The summed E-state index contributed by atoms with van der Waals surface area (Å²) in [5, 5.41) is 0. The Hall–Kier alpha value is -2.49. The minimum Gasteiger partial charge on any atom is -0.493 e. The molecule has 2 amide bonds. The van der Waals surface area contributed by atoms with Crippen LogP contribution in [0.5, 0.6) is 11.5 Å². The van der Waals surface area contributed by atoms with E-state index >= 15 is 0 Å². The molecule has 2 saturated carbocycles. The van der Waals surface area contributed by atoms with Crippen LogP contribution in [0.2, 0.25) is 0 Å². The van der Waals surface area contributed by atoms with Gasteiger partial charge in [0.1, 0.15) is 6.04 Å². The number of carbonyl (C=O) groups excluding carboxylic acids is 2. The van der Waals surface area contributed by atoms with E-state index in [0.717, 1.165) is 22.7 Å². The maximum atomic E-state index is 14.2. The summed E-state index contributed by atoms with van der Waals surface area (Å²) < 4.78 is 44.0. The van der Waals surface area contributed by atoms with Crippen molar-refractivity contribution in [3.8, 4) is 11.5 Å². The van der Waals surface area contributed by atoms with E-state index in [1.165, 1.54) is 26.2 Å². The number of methoxy groups -OCH3 is 3. The number of carbonyl (C=O) groups is 2. The van der Waals surface area contributed by atoms with Crippen molar-refractivity contribution in [3.05, 3.63) is 23.3 Å². The van der Waals surface area contributed by atoms with E-state index in [1.54, 1.807) is 12.1 Å². The molecule has 0 unspecified atom stereocenters. The van der Waals surface area contributed by atoms with Crippen molar-refractivity contribution in [1.29, 1.82) is 0 Å². The number of amides is 2. The number of nitrogens with zero attached hydrogens (tertiary/aromatic N) is 2. The molecule has 0 radical (unpaired) electrons. The maximum Gasteiger partial charge on any atom is 0.410 e. The lowest BCUT2D eigenvalue weighted by atomic mass is 9.69. The number of rotatable bonds is 3. The Balaban J connectivity index is 1.63. The number of ether oxygens (including phenoxy) is 3. The second kappa shape index (κ2) is 7.50. The van der Waals surface area contributed by atoms with Crippen LogP contribution >= 0.6 is 0 Å². The molecular weight excluding hydrogens is 460 g/mol. The van der Waals surface area contributed by atoms with Gasteiger partial charge in [-0.1, -0.05) is 13.8 Å². The minimum atomic E-state index is -3.85. The molecule has 1 saturated heterocycles. The van der Waals surface area contributed by atoms with E-state index in [0.29, 0.717) is 35.8 Å². The molecule has 5 rings (SSSR count). The molecule has 3 fully saturated rings. The van der Waals surface area contributed by atoms with Crippen LogP contribution in [0.1, 0.15) is 50.3 Å². The Morgan fingerprint density at radius 3 is 2.38 bits per heavy atom. The van der Waals surface area contributed by atoms with E-state index < -0.39 is 33.5 Å². The molecule has 2 aliphatic carbocycles. The third-order valence-corrected chi connectivity index (χ3v) is 11.1. The highest BCUT2D eigenvalue weighted by Crippen LogP contribution is 2.70. The predicted molar refractivity (Wildman–Crippen MR) is 123 cm³/mol. The molecule has 0 N–H and O–H groups in total. The second-order valence-corrected chi connectivity index (χ2v) is 12.3. The van der Waals surface area contributed by atoms with Gasteiger partial charge in [0.15, 0.2) is 11.5 Å². The van der Waals surface area contributed by atoms with Crippen molar-refractivity contribution < 1.29 is 32.2 Å². The number of sulfonamides is 1. The first-order valence-corrected chi connectivity index (χ1v) is 13.3. The van der Waals surface area contributed by atoms with Gasteiger partial charge >= 0.3 is 6.09 Å². The molecule has 2 heterocycles. The zero-order chi connectivity index (χ0) is 24.6. The van der Waals surface area contributed by atoms with Gasteiger partial charge in [-0.2, -0.15) is 0 Å². The molecule has 1 aromatic rings. The second-order valence-electron chi connectivity index (χ2n) is 10.5. The molecule has 1 spiro atoms. The summed E-state index contributed by atoms with van der Waals surface area (Å²) in [5.74, 6) is 0.685. The quantitative estimate of drug-likeness (QED) is 0.639. The van der Waals surface area contributed by atoms with E-state index in [4.69, 9.17) is 14.2 Å². The van der Waals surface area contributed by atoms with Gasteiger partial charge in [-0.3, -0.25) is 9.69 Å². The molecule has 10 heteroatoms. The lowest BCUT2D eigenvalue weighted by Gasteiger charge is -2.40. The van der Waals surface area contributed by atoms with Crippen molar-refractivity contribution in [2.24, 2.45) is 16.7 Å². The van der Waals surface area contributed by atoms with Gasteiger partial charge < -0.3 is 14.2 Å². The van der Waals surface area contributed by atoms with E-state index in [1.807, 2.05) is 0 Å². The largest absolute Gasteiger partial charge is 0.493 e. The monoisotopic (exact) mass is 492 g/mol. The molecule has 4 aliphatic rings. The molecule has 0 aromatic heterocycles. The highest BCUT2D eigenvalue weighted by Gasteiger charge is 2.72. The van der Waals surface area contributed by atoms with Crippen LogP contribution in [-0.4, -0.2) is 69.3 Å². The highest BCUT2D eigenvalue weighted by molar-refractivity contribution is 7.90. The van der Waals surface area contributed by atoms with Crippen LogP contribution in [0.15, 0.2) is 12.1 Å². The molecule has 9 nitrogen and oxygen atoms in total. The topological polar surface area (TPSA) is 102 Å². The van der Waals surface area contributed by atoms with Crippen LogP contribution < -0.4 is 9.47 Å². The Morgan fingerprint density at radius 1 is 1.09 bits per heavy atom. The van der Waals surface area contributed by atoms with Gasteiger partial charge in [-0.25, -0.2) is 17.5 Å². The first-order chi connectivity index (χ1) is 16.0. The van der Waals surface area contributed by atoms with Crippen molar-refractivity contribution in [2.75, 3.05) is 33.6 Å². The normalized spacial score (nSPS) is 32.2. The minimum absolute atomic E-state index is 0.0242. The smallest absolute Gasteiger partial charge is 0.410 e. The molecule has 2 bridgehead atoms. The average Bonchev–Trinajstić information content (AvgIpc) is 3.29. The SMILES string of the molecule is COC(=O)N1CCc2cc(OC)c(OC)cc2[C@H]1C(=O)N1[C@@H]2C[C@H]3CC[C@]2(CS1(=O)=O)C3(C)C. The number of hydrogen-bond acceptors (Lipinski definition) is 7. The molecule has 1 aromatic carbocycles. The summed E-state index contributed by atoms with van der Waals surface area (Å²) in [5.41, 5.74) is 0.744. The van der Waals surface area contributed by atoms with Gasteiger partial charge in [0, 0.05) is 12.0 Å². The standard InChI is InChI=1S/C24H32N2O7S/c1-23(2)15-6-8-24(23)13-34(29,30)26(19(24)11-15)21(27)20-16-12-18(32-4)17(31-3)10-14(16)7-9-25(20)22(28)33-5/h10,12,15,19-20H,6-9,11,13H2,1-5H3/t15-,19-,20+,24-/m1/s1. The van der Waals surface area contributed by atoms with Crippen LogP contribution in [0.4, 0.5) is 4.79 Å². The van der Waals surface area contributed by atoms with Crippen molar-refractivity contribution >= 4 is 22.0 Å². The fourth-order valence-corrected chi connectivity index (χ4v) is 9.77. The lowest BCUT2D eigenvalue weighted by molar-refractivity contribution is -0.134. The fraction of sp³-hybridized carbons (Fsp3) is 0.667. The molecular formula is C24H32N2O7S. The summed E-state index contributed by atoms with van der Waals surface area (Å²) in [6.45, 7) is 4.51. The highest BCUT2D eigenvalue weighted by atomic mass is 32.2. The van der Waals surface area contributed by atoms with Crippen LogP contribution in [0.25, 0.3) is 0 Å². The van der Waals surface area contributed by atoms with Crippen LogP contribution in [0, 0.1) is 16.7 Å². The number of hydrogen-bond donors (Lipinski definition) is 0. The van der Waals surface area contributed by atoms with Gasteiger partial charge in [0.05, 0.1) is 33.1 Å². The summed E-state index contributed by atoms with van der Waals surface area (Å²) in [6.07, 6.45) is 2.26. The van der Waals surface area contributed by atoms with Gasteiger partial charge in [0.25, 0.3) is 5.91 Å². The summed E-state index contributed by atoms with van der Waals surface area (Å²) in [7, 11) is 0.436. The van der Waals surface area contributed by atoms with Crippen molar-refractivity contribution in [3.63, 3.8) is 0 Å². The molecule has 186 valence electrons. The third kappa shape index (κ3) is 2.86. The maximum absolute atomic E-state index is 14.2. The van der Waals surface area contributed by atoms with E-state index in [-0.39, 0.29) is 23.8 Å². The Labute approximate surface area is 200 Å². The van der Waals surface area contributed by atoms with Gasteiger partial charge in [-0.15, -0.1) is 0 Å². The van der Waals surface area contributed by atoms with Gasteiger partial charge in [0.2, 0.25) is 10.0 Å². The summed E-state index contributed by atoms with van der Waals surface area (Å²) in [6, 6.07) is 1.96. The predicted octanol–water partition coefficient (Wildman–Crippen LogP) is 2.74. The average molecular weight is 493 g/mol. The van der Waals surface area contributed by atoms with Crippen molar-refractivity contribution in [2.45, 2.75) is 51.6 Å². The summed E-state index contributed by atoms with van der Waals surface area (Å²) in [4.78, 5) is 28.3. The van der Waals surface area contributed by atoms with Crippen molar-refractivity contribution in [1.82, 2.24) is 9.21 Å². The summed E-state index contributed by atoms with van der Waals surface area (Å²) >= 11 is 0. The van der Waals surface area contributed by atoms with E-state index in [9.17, 15) is 18.0 Å². The fourth-order valence-electron chi connectivity index (χ4n) is 7.23. The third-order valence-electron chi connectivity index (χ3n) is 9.15. The molecule has 34 heavy (non-hydrogen) atoms. The number of fused-ring (bicyclic) bond motifs is 2. The lowest BCUT2D eigenvalue weighted by Crippen LogP contribution is -2.52. The zero-order valence-electron chi connectivity index (χ0n) is 20.3. The van der Waals surface area contributed by atoms with Crippen LogP contribution in [0.3, 0.4) is 0 Å². The zero-order valence-corrected chi connectivity index (χ0v) is 21.1. The molecule has 4 atom stereocenters.